The van der Waals surface area contributed by atoms with Gasteiger partial charge in [-0.3, -0.25) is 14.5 Å². The maximum Gasteiger partial charge on any atom is 0.352 e. The molecule has 0 spiro atoms. The minimum Gasteiger partial charge on any atom is -0.477 e. The Morgan fingerprint density at radius 1 is 1.42 bits per heavy atom. The van der Waals surface area contributed by atoms with E-state index in [1.165, 1.54) is 38.4 Å². The van der Waals surface area contributed by atoms with Gasteiger partial charge in [0.1, 0.15) is 22.8 Å². The van der Waals surface area contributed by atoms with Gasteiger partial charge in [0.15, 0.2) is 28.3 Å². The quantitative estimate of drug-likeness (QED) is 0.0355. The van der Waals surface area contributed by atoms with E-state index in [4.69, 9.17) is 28.5 Å². The molecule has 17 heteroatoms. The van der Waals surface area contributed by atoms with Gasteiger partial charge in [-0.25, -0.2) is 14.3 Å². The number of carboxylic acids is 1. The number of carbonyl (C=O) groups is 3. The number of nitrogen functional groups attached to an aromatic ring is 3. The van der Waals surface area contributed by atoms with Crippen LogP contribution in [0.25, 0.3) is 0 Å². The van der Waals surface area contributed by atoms with E-state index < -0.39 is 29.2 Å². The number of oxime groups is 1. The number of thioether (sulfide) groups is 2. The van der Waals surface area contributed by atoms with Crippen LogP contribution in [0.2, 0.25) is 0 Å². The molecular weight excluding hydrogens is 554 g/mol. The number of β-lactam (4-membered cyclic amide) rings is 1. The van der Waals surface area contributed by atoms with Gasteiger partial charge in [0, 0.05) is 23.0 Å². The van der Waals surface area contributed by atoms with Gasteiger partial charge in [0.05, 0.1) is 7.05 Å². The van der Waals surface area contributed by atoms with Gasteiger partial charge in [0.2, 0.25) is 0 Å². The summed E-state index contributed by atoms with van der Waals surface area (Å²) in [6, 6.07) is 0.643. The zero-order valence-electron chi connectivity index (χ0n) is 19.8. The summed E-state index contributed by atoms with van der Waals surface area (Å²) in [6.07, 6.45) is 5.16. The number of thiazole rings is 1. The maximum atomic E-state index is 13.0. The highest BCUT2D eigenvalue weighted by Gasteiger charge is 2.54. The van der Waals surface area contributed by atoms with Crippen LogP contribution in [0.4, 0.5) is 16.9 Å². The Balaban J connectivity index is 1.50. The molecule has 2 aliphatic rings. The first-order valence-electron chi connectivity index (χ1n) is 10.7. The first kappa shape index (κ1) is 27.0. The molecule has 0 bridgehead atoms. The summed E-state index contributed by atoms with van der Waals surface area (Å²) in [5.41, 5.74) is 17.8. The molecule has 0 aromatic carbocycles. The van der Waals surface area contributed by atoms with Crippen molar-refractivity contribution < 1.29 is 28.9 Å². The lowest BCUT2D eigenvalue weighted by atomic mass is 10.0. The van der Waals surface area contributed by atoms with E-state index in [-0.39, 0.29) is 40.5 Å². The van der Waals surface area contributed by atoms with Crippen molar-refractivity contribution in [3.63, 3.8) is 0 Å². The summed E-state index contributed by atoms with van der Waals surface area (Å²) in [6.45, 7) is -0.186. The fourth-order valence-electron chi connectivity index (χ4n) is 3.55. The minimum atomic E-state index is -1.25. The molecule has 14 nitrogen and oxygen atoms in total. The van der Waals surface area contributed by atoms with Crippen molar-refractivity contribution in [2.24, 2.45) is 12.2 Å². The number of fused-ring (bicyclic) bond motifs is 1. The molecule has 2 atom stereocenters. The van der Waals surface area contributed by atoms with Crippen molar-refractivity contribution in [2.75, 3.05) is 35.3 Å². The number of carboxylic acid groups (broad SMARTS) is 1. The second-order valence-electron chi connectivity index (χ2n) is 7.83. The van der Waals surface area contributed by atoms with E-state index >= 15 is 0 Å². The Bertz CT molecular complexity index is 1390. The summed E-state index contributed by atoms with van der Waals surface area (Å²) in [7, 11) is 1.67. The van der Waals surface area contributed by atoms with E-state index in [1.54, 1.807) is 13.1 Å². The lowest BCUT2D eigenvalue weighted by molar-refractivity contribution is -0.645. The molecule has 4 heterocycles. The normalized spacial score (nSPS) is 18.9. The number of hydrogen-bond donors (Lipinski definition) is 5. The first-order chi connectivity index (χ1) is 18.1. The van der Waals surface area contributed by atoms with Gasteiger partial charge in [-0.05, 0) is 5.57 Å². The number of aliphatic carboxylic acids is 1. The number of terminal acetylenes is 1. The topological polar surface area (TPSA) is 216 Å². The highest BCUT2D eigenvalue weighted by molar-refractivity contribution is 8.01. The van der Waals surface area contributed by atoms with E-state index in [1.807, 2.05) is 0 Å². The molecule has 0 saturated carbocycles. The van der Waals surface area contributed by atoms with Gasteiger partial charge >= 0.3 is 11.9 Å². The van der Waals surface area contributed by atoms with Crippen LogP contribution < -0.4 is 27.1 Å². The zero-order valence-corrected chi connectivity index (χ0v) is 22.2. The third kappa shape index (κ3) is 5.32. The second kappa shape index (κ2) is 11.2. The van der Waals surface area contributed by atoms with Gasteiger partial charge in [0.25, 0.3) is 11.8 Å². The second-order valence-corrected chi connectivity index (χ2v) is 10.8. The number of aromatic nitrogens is 3. The fourth-order valence-corrected chi connectivity index (χ4v) is 6.50. The fraction of sp³-hybridized carbons (Fsp3) is 0.286. The molecule has 4 rings (SSSR count). The molecule has 2 aliphatic heterocycles. The summed E-state index contributed by atoms with van der Waals surface area (Å²) in [5, 5.41) is 17.9. The number of amides is 2. The predicted molar refractivity (Wildman–Crippen MR) is 142 cm³/mol. The van der Waals surface area contributed by atoms with Crippen LogP contribution in [0.5, 0.6) is 0 Å². The molecule has 2 aromatic heterocycles. The predicted octanol–water partition coefficient (Wildman–Crippen LogP) is -1.01. The Hall–Kier alpha value is -4.01. The van der Waals surface area contributed by atoms with Crippen LogP contribution >= 0.6 is 34.9 Å². The number of nitrogens with zero attached hydrogens (tertiary/aromatic N) is 5. The van der Waals surface area contributed by atoms with Crippen molar-refractivity contribution in [1.29, 1.82) is 0 Å². The summed E-state index contributed by atoms with van der Waals surface area (Å²) < 4.78 is 1.51. The van der Waals surface area contributed by atoms with Crippen LogP contribution in [-0.2, 0) is 26.3 Å². The SMILES string of the molecule is C#CCO/N=C(\C(=O)N[C@@H]1C(=O)N2C(C(=O)O)=C(CSc3cc(N)[n+](C)c(N)n3)CS[C@H]12)c1csc(N)n1. The van der Waals surface area contributed by atoms with Gasteiger partial charge in [-0.15, -0.1) is 34.5 Å². The van der Waals surface area contributed by atoms with Crippen molar-refractivity contribution in [3.8, 4) is 12.3 Å². The van der Waals surface area contributed by atoms with Gasteiger partial charge in [-0.2, -0.15) is 0 Å². The van der Waals surface area contributed by atoms with Crippen LogP contribution in [0, 0.1) is 12.3 Å². The van der Waals surface area contributed by atoms with Crippen molar-refractivity contribution in [1.82, 2.24) is 20.2 Å². The van der Waals surface area contributed by atoms with Crippen LogP contribution in [-0.4, -0.2) is 73.0 Å². The van der Waals surface area contributed by atoms with Crippen molar-refractivity contribution >= 4 is 75.3 Å². The van der Waals surface area contributed by atoms with Crippen LogP contribution in [0.3, 0.4) is 0 Å². The molecule has 2 amide bonds. The first-order valence-corrected chi connectivity index (χ1v) is 13.6. The minimum absolute atomic E-state index is 0.127. The molecule has 0 unspecified atom stereocenters. The number of nitrogens with two attached hydrogens (primary N) is 3. The Kier molecular flexibility index (Phi) is 7.94. The lowest BCUT2D eigenvalue weighted by Crippen LogP contribution is -2.71. The molecular formula is C21H22N9O5S3+. The van der Waals surface area contributed by atoms with Crippen LogP contribution in [0.1, 0.15) is 5.69 Å². The highest BCUT2D eigenvalue weighted by Crippen LogP contribution is 2.41. The van der Waals surface area contributed by atoms with Crippen molar-refractivity contribution in [3.05, 3.63) is 28.4 Å². The Morgan fingerprint density at radius 2 is 2.18 bits per heavy atom. The lowest BCUT2D eigenvalue weighted by Gasteiger charge is -2.49. The molecule has 38 heavy (non-hydrogen) atoms. The number of carbonyl (C=O) groups excluding carboxylic acids is 2. The molecule has 1 saturated heterocycles. The van der Waals surface area contributed by atoms with E-state index in [0.717, 1.165) is 11.3 Å². The third-order valence-electron chi connectivity index (χ3n) is 5.44. The van der Waals surface area contributed by atoms with E-state index in [9.17, 15) is 19.5 Å². The van der Waals surface area contributed by atoms with E-state index in [2.05, 4.69) is 26.4 Å². The molecule has 0 aliphatic carbocycles. The van der Waals surface area contributed by atoms with Crippen LogP contribution in [0.15, 0.2) is 32.9 Å². The zero-order chi connectivity index (χ0) is 27.6. The average Bonchev–Trinajstić information content (AvgIpc) is 3.31. The largest absolute Gasteiger partial charge is 0.477 e. The summed E-state index contributed by atoms with van der Waals surface area (Å²) in [4.78, 5) is 52.6. The number of rotatable bonds is 9. The number of hydrogen-bond acceptors (Lipinski definition) is 13. The standard InChI is InChI=1S/C21H21N9O5S3/c1-3-4-35-28-13(10-8-38-21(24)25-10)16(31)27-14-17(32)30-15(19(33)34)9(7-37-18(14)30)6-36-12-5-11(22)29(2)20(23)26-12/h1,5,8,14,18H,4,6-7H2,2H3,(H7,22,23,24,25,26,27,31,33,34)/p+1/b28-13-/t14-,18-/m1/s1. The summed E-state index contributed by atoms with van der Waals surface area (Å²) >= 11 is 3.67. The summed E-state index contributed by atoms with van der Waals surface area (Å²) in [5.74, 6) is 0.828. The van der Waals surface area contributed by atoms with Gasteiger partial charge < -0.3 is 32.5 Å². The molecule has 198 valence electrons. The number of nitrogens with one attached hydrogen (secondary N) is 1. The molecule has 1 fully saturated rings. The average molecular weight is 577 g/mol. The van der Waals surface area contributed by atoms with Crippen molar-refractivity contribution in [2.45, 2.75) is 16.4 Å². The monoisotopic (exact) mass is 576 g/mol. The maximum absolute atomic E-state index is 13.0. The molecule has 0 radical (unpaired) electrons. The Morgan fingerprint density at radius 3 is 2.82 bits per heavy atom. The number of anilines is 3. The smallest absolute Gasteiger partial charge is 0.352 e. The van der Waals surface area contributed by atoms with Gasteiger partial charge in [-0.1, -0.05) is 22.8 Å². The highest BCUT2D eigenvalue weighted by atomic mass is 32.2. The Labute approximate surface area is 228 Å². The van der Waals surface area contributed by atoms with E-state index in [0.29, 0.717) is 22.2 Å². The molecule has 2 aromatic rings. The third-order valence-corrected chi connectivity index (χ3v) is 8.45. The molecule has 8 N–H and O–H groups in total.